The number of hydrogen-bond acceptors (Lipinski definition) is 5. The number of anilines is 3. The van der Waals surface area contributed by atoms with Crippen molar-refractivity contribution in [1.82, 2.24) is 0 Å². The van der Waals surface area contributed by atoms with Crippen LogP contribution in [-0.2, 0) is 0 Å². The summed E-state index contributed by atoms with van der Waals surface area (Å²) in [7, 11) is 0. The van der Waals surface area contributed by atoms with Crippen molar-refractivity contribution in [1.29, 1.82) is 10.5 Å². The Morgan fingerprint density at radius 3 is 1.40 bits per heavy atom. The van der Waals surface area contributed by atoms with E-state index in [4.69, 9.17) is 8.83 Å². The van der Waals surface area contributed by atoms with E-state index in [2.05, 4.69) is 65.6 Å². The minimum absolute atomic E-state index is 0.459. The Hall–Kier alpha value is -6.30. The molecule has 0 saturated carbocycles. The van der Waals surface area contributed by atoms with E-state index in [1.807, 2.05) is 72.8 Å². The first-order valence-corrected chi connectivity index (χ1v) is 13.9. The first-order valence-electron chi connectivity index (χ1n) is 13.9. The molecule has 2 heterocycles. The highest BCUT2D eigenvalue weighted by molar-refractivity contribution is 6.08. The van der Waals surface area contributed by atoms with Gasteiger partial charge in [-0.3, -0.25) is 0 Å². The minimum atomic E-state index is 0.459. The van der Waals surface area contributed by atoms with Crippen LogP contribution in [0.4, 0.5) is 17.1 Å². The number of benzene rings is 6. The zero-order valence-corrected chi connectivity index (χ0v) is 22.8. The first-order chi connectivity index (χ1) is 21.2. The molecule has 5 heteroatoms. The summed E-state index contributed by atoms with van der Waals surface area (Å²) in [5, 5.41) is 23.2. The number of rotatable bonds is 4. The summed E-state index contributed by atoms with van der Waals surface area (Å²) in [5.74, 6) is 0. The Bertz CT molecular complexity index is 2290. The highest BCUT2D eigenvalue weighted by atomic mass is 16.3. The van der Waals surface area contributed by atoms with Gasteiger partial charge in [0, 0.05) is 38.6 Å². The quantitative estimate of drug-likeness (QED) is 0.217. The maximum absolute atomic E-state index is 9.47. The largest absolute Gasteiger partial charge is 0.456 e. The summed E-state index contributed by atoms with van der Waals surface area (Å²) >= 11 is 0. The fraction of sp³-hybridized carbons (Fsp3) is 0. The van der Waals surface area contributed by atoms with Crippen molar-refractivity contribution in [3.8, 4) is 23.3 Å². The van der Waals surface area contributed by atoms with Crippen LogP contribution in [0, 0.1) is 22.7 Å². The molecular weight excluding hydrogens is 530 g/mol. The standard InChI is InChI=1S/C38H21N3O2/c39-22-24-17-25(23-40)19-27(18-24)26-9-11-28(12-10-26)41(29-13-15-37-33(20-29)31-5-1-3-7-35(31)42-37)30-14-16-38-34(21-30)32-6-2-4-8-36(32)43-38/h1-21H. The fourth-order valence-corrected chi connectivity index (χ4v) is 5.88. The van der Waals surface area contributed by atoms with Crippen molar-refractivity contribution in [2.45, 2.75) is 0 Å². The van der Waals surface area contributed by atoms with Crippen molar-refractivity contribution in [3.63, 3.8) is 0 Å². The second-order valence-electron chi connectivity index (χ2n) is 10.5. The lowest BCUT2D eigenvalue weighted by Gasteiger charge is -2.26. The second kappa shape index (κ2) is 9.66. The van der Waals surface area contributed by atoms with Gasteiger partial charge in [-0.05, 0) is 90.0 Å². The lowest BCUT2D eigenvalue weighted by Crippen LogP contribution is -2.09. The van der Waals surface area contributed by atoms with Gasteiger partial charge in [0.25, 0.3) is 0 Å². The number of nitriles is 2. The first kappa shape index (κ1) is 24.5. The fourth-order valence-electron chi connectivity index (χ4n) is 5.88. The summed E-state index contributed by atoms with van der Waals surface area (Å²) in [4.78, 5) is 2.22. The number of furan rings is 2. The third-order valence-electron chi connectivity index (χ3n) is 7.89. The molecule has 43 heavy (non-hydrogen) atoms. The molecule has 0 aliphatic rings. The molecule has 200 valence electrons. The van der Waals surface area contributed by atoms with Crippen LogP contribution in [0.2, 0.25) is 0 Å². The number of hydrogen-bond donors (Lipinski definition) is 0. The Kier molecular flexibility index (Phi) is 5.50. The molecule has 6 aromatic carbocycles. The van der Waals surface area contributed by atoms with Gasteiger partial charge in [-0.25, -0.2) is 0 Å². The minimum Gasteiger partial charge on any atom is -0.456 e. The molecular formula is C38H21N3O2. The topological polar surface area (TPSA) is 77.1 Å². The molecule has 0 amide bonds. The normalized spacial score (nSPS) is 11.2. The molecule has 0 unspecified atom stereocenters. The molecule has 0 atom stereocenters. The third-order valence-corrected chi connectivity index (χ3v) is 7.89. The van der Waals surface area contributed by atoms with E-state index in [0.717, 1.165) is 72.1 Å². The van der Waals surface area contributed by atoms with Crippen molar-refractivity contribution < 1.29 is 8.83 Å². The predicted octanol–water partition coefficient (Wildman–Crippen LogP) is 10.4. The van der Waals surface area contributed by atoms with Gasteiger partial charge in [-0.2, -0.15) is 10.5 Å². The van der Waals surface area contributed by atoms with Crippen LogP contribution in [0.1, 0.15) is 11.1 Å². The van der Waals surface area contributed by atoms with Crippen LogP contribution in [-0.4, -0.2) is 0 Å². The van der Waals surface area contributed by atoms with Crippen molar-refractivity contribution in [2.75, 3.05) is 4.90 Å². The predicted molar refractivity (Wildman–Crippen MR) is 171 cm³/mol. The third kappa shape index (κ3) is 4.08. The highest BCUT2D eigenvalue weighted by Gasteiger charge is 2.18. The van der Waals surface area contributed by atoms with Crippen molar-refractivity contribution in [3.05, 3.63) is 139 Å². The van der Waals surface area contributed by atoms with E-state index < -0.39 is 0 Å². The molecule has 5 nitrogen and oxygen atoms in total. The van der Waals surface area contributed by atoms with E-state index in [1.54, 1.807) is 6.07 Å². The molecule has 0 aliphatic heterocycles. The van der Waals surface area contributed by atoms with Gasteiger partial charge in [-0.1, -0.05) is 48.5 Å². The van der Waals surface area contributed by atoms with Crippen LogP contribution in [0.25, 0.3) is 55.0 Å². The van der Waals surface area contributed by atoms with Crippen LogP contribution >= 0.6 is 0 Å². The SMILES string of the molecule is N#Cc1cc(C#N)cc(-c2ccc(N(c3ccc4oc5ccccc5c4c3)c3ccc4oc5ccccc5c4c3)cc2)c1. The van der Waals surface area contributed by atoms with Crippen LogP contribution in [0.5, 0.6) is 0 Å². The van der Waals surface area contributed by atoms with E-state index >= 15 is 0 Å². The number of nitrogens with zero attached hydrogens (tertiary/aromatic N) is 3. The summed E-state index contributed by atoms with van der Waals surface area (Å²) in [6, 6.07) is 46.4. The van der Waals surface area contributed by atoms with E-state index in [0.29, 0.717) is 11.1 Å². The van der Waals surface area contributed by atoms with Gasteiger partial charge in [0.2, 0.25) is 0 Å². The van der Waals surface area contributed by atoms with Crippen LogP contribution < -0.4 is 4.90 Å². The molecule has 0 radical (unpaired) electrons. The van der Waals surface area contributed by atoms with E-state index in [-0.39, 0.29) is 0 Å². The molecule has 0 saturated heterocycles. The average molecular weight is 552 g/mol. The van der Waals surface area contributed by atoms with Crippen molar-refractivity contribution in [2.24, 2.45) is 0 Å². The smallest absolute Gasteiger partial charge is 0.135 e. The Labute approximate surface area is 246 Å². The maximum atomic E-state index is 9.47. The number of fused-ring (bicyclic) bond motifs is 6. The molecule has 0 fully saturated rings. The zero-order valence-electron chi connectivity index (χ0n) is 22.8. The number of para-hydroxylation sites is 2. The van der Waals surface area contributed by atoms with Gasteiger partial charge in [-0.15, -0.1) is 0 Å². The lowest BCUT2D eigenvalue weighted by atomic mass is 10.00. The monoisotopic (exact) mass is 551 g/mol. The van der Waals surface area contributed by atoms with Gasteiger partial charge in [0.1, 0.15) is 22.3 Å². The molecule has 8 rings (SSSR count). The Morgan fingerprint density at radius 1 is 0.419 bits per heavy atom. The molecule has 2 aromatic heterocycles. The summed E-state index contributed by atoms with van der Waals surface area (Å²) in [5.41, 5.74) is 8.97. The van der Waals surface area contributed by atoms with Gasteiger partial charge in [0.15, 0.2) is 0 Å². The lowest BCUT2D eigenvalue weighted by molar-refractivity contribution is 0.668. The van der Waals surface area contributed by atoms with Gasteiger partial charge >= 0.3 is 0 Å². The summed E-state index contributed by atoms with van der Waals surface area (Å²) in [6.07, 6.45) is 0. The van der Waals surface area contributed by atoms with Gasteiger partial charge < -0.3 is 13.7 Å². The second-order valence-corrected chi connectivity index (χ2v) is 10.5. The highest BCUT2D eigenvalue weighted by Crippen LogP contribution is 2.41. The molecule has 0 spiro atoms. The van der Waals surface area contributed by atoms with E-state index in [1.165, 1.54) is 0 Å². The van der Waals surface area contributed by atoms with Gasteiger partial charge in [0.05, 0.1) is 23.3 Å². The van der Waals surface area contributed by atoms with Crippen molar-refractivity contribution >= 4 is 60.9 Å². The molecule has 0 aliphatic carbocycles. The Balaban J connectivity index is 1.31. The average Bonchev–Trinajstić information content (AvgIpc) is 3.63. The molecule has 0 N–H and O–H groups in total. The molecule has 0 bridgehead atoms. The summed E-state index contributed by atoms with van der Waals surface area (Å²) in [6.45, 7) is 0. The Morgan fingerprint density at radius 2 is 0.884 bits per heavy atom. The zero-order chi connectivity index (χ0) is 28.9. The maximum Gasteiger partial charge on any atom is 0.135 e. The van der Waals surface area contributed by atoms with Crippen LogP contribution in [0.3, 0.4) is 0 Å². The molecule has 8 aromatic rings. The van der Waals surface area contributed by atoms with E-state index in [9.17, 15) is 10.5 Å². The van der Waals surface area contributed by atoms with Crippen LogP contribution in [0.15, 0.2) is 136 Å². The summed E-state index contributed by atoms with van der Waals surface area (Å²) < 4.78 is 12.2.